The van der Waals surface area contributed by atoms with Crippen molar-refractivity contribution in [3.63, 3.8) is 0 Å². The maximum absolute atomic E-state index is 12.8. The Morgan fingerprint density at radius 1 is 1.16 bits per heavy atom. The minimum atomic E-state index is -1.42. The zero-order valence-corrected chi connectivity index (χ0v) is 14.7. The highest BCUT2D eigenvalue weighted by molar-refractivity contribution is 6.08. The van der Waals surface area contributed by atoms with E-state index < -0.39 is 23.3 Å². The van der Waals surface area contributed by atoms with E-state index in [0.717, 1.165) is 0 Å². The lowest BCUT2D eigenvalue weighted by Crippen LogP contribution is -2.44. The van der Waals surface area contributed by atoms with Crippen molar-refractivity contribution in [2.75, 3.05) is 13.2 Å². The van der Waals surface area contributed by atoms with E-state index in [1.165, 1.54) is 0 Å². The largest absolute Gasteiger partial charge is 0.465 e. The monoisotopic (exact) mass is 344 g/mol. The maximum atomic E-state index is 12.8. The van der Waals surface area contributed by atoms with Gasteiger partial charge in [-0.15, -0.1) is 0 Å². The Morgan fingerprint density at radius 2 is 1.80 bits per heavy atom. The van der Waals surface area contributed by atoms with Crippen LogP contribution in [0.2, 0.25) is 0 Å². The fourth-order valence-corrected chi connectivity index (χ4v) is 3.56. The van der Waals surface area contributed by atoms with Gasteiger partial charge < -0.3 is 9.47 Å². The number of ether oxygens (including phenoxy) is 2. The predicted molar refractivity (Wildman–Crippen MR) is 92.9 cm³/mol. The lowest BCUT2D eigenvalue weighted by Gasteiger charge is -2.34. The molecule has 0 aromatic heterocycles. The molecule has 1 aromatic rings. The average molecular weight is 344 g/mol. The zero-order valence-electron chi connectivity index (χ0n) is 14.7. The number of benzene rings is 1. The number of rotatable bonds is 7. The molecule has 1 aromatic carbocycles. The number of Topliss-reactive ketones (excluding diaryl/α,β-unsaturated/α-hetero) is 1. The summed E-state index contributed by atoms with van der Waals surface area (Å²) in [5.74, 6) is -2.18. The van der Waals surface area contributed by atoms with Gasteiger partial charge in [0.05, 0.1) is 13.2 Å². The van der Waals surface area contributed by atoms with Crippen molar-refractivity contribution in [1.29, 1.82) is 0 Å². The second kappa shape index (κ2) is 8.10. The molecule has 0 unspecified atom stereocenters. The van der Waals surface area contributed by atoms with Gasteiger partial charge in [0.15, 0.2) is 5.78 Å². The molecule has 1 aliphatic rings. The third kappa shape index (κ3) is 3.50. The Bertz CT molecular complexity index is 664. The summed E-state index contributed by atoms with van der Waals surface area (Å²) < 4.78 is 10.3. The molecule has 1 fully saturated rings. The molecular formula is C20H24O5. The molecule has 0 saturated heterocycles. The fourth-order valence-electron chi connectivity index (χ4n) is 3.56. The number of esters is 2. The molecular weight excluding hydrogens is 320 g/mol. The molecule has 0 amide bonds. The second-order valence-electron chi connectivity index (χ2n) is 6.06. The van der Waals surface area contributed by atoms with Gasteiger partial charge in [-0.05, 0) is 32.3 Å². The molecule has 0 aliphatic heterocycles. The van der Waals surface area contributed by atoms with Gasteiger partial charge in [0.1, 0.15) is 5.41 Å². The molecule has 0 N–H and O–H groups in total. The number of carbonyl (C=O) groups is 3. The van der Waals surface area contributed by atoms with Crippen LogP contribution in [-0.2, 0) is 23.9 Å². The topological polar surface area (TPSA) is 69.7 Å². The Morgan fingerprint density at radius 3 is 2.32 bits per heavy atom. The molecule has 0 spiro atoms. The van der Waals surface area contributed by atoms with Gasteiger partial charge in [-0.1, -0.05) is 36.9 Å². The normalized spacial score (nSPS) is 20.8. The van der Waals surface area contributed by atoms with Crippen molar-refractivity contribution in [2.45, 2.75) is 39.0 Å². The summed E-state index contributed by atoms with van der Waals surface area (Å²) in [4.78, 5) is 38.0. The van der Waals surface area contributed by atoms with Gasteiger partial charge >= 0.3 is 11.9 Å². The zero-order chi connectivity index (χ0) is 18.4. The summed E-state index contributed by atoms with van der Waals surface area (Å²) in [6.07, 6.45) is 1.21. The van der Waals surface area contributed by atoms with E-state index >= 15 is 0 Å². The number of carbonyl (C=O) groups excluding carboxylic acids is 3. The smallest absolute Gasteiger partial charge is 0.334 e. The fraction of sp³-hybridized carbons (Fsp3) is 0.450. The van der Waals surface area contributed by atoms with Gasteiger partial charge in [-0.3, -0.25) is 9.59 Å². The highest BCUT2D eigenvalue weighted by atomic mass is 16.5. The van der Waals surface area contributed by atoms with Crippen LogP contribution in [0.15, 0.2) is 42.5 Å². The number of ketones is 1. The summed E-state index contributed by atoms with van der Waals surface area (Å²) >= 11 is 0. The maximum Gasteiger partial charge on any atom is 0.334 e. The SMILES string of the molecule is C=C(C(=O)OCC)[C@@H](c1ccccc1)[C@]1(C(=O)OCC)CCCC1=O. The molecule has 25 heavy (non-hydrogen) atoms. The van der Waals surface area contributed by atoms with Crippen molar-refractivity contribution >= 4 is 17.7 Å². The van der Waals surface area contributed by atoms with Crippen molar-refractivity contribution in [1.82, 2.24) is 0 Å². The number of hydrogen-bond acceptors (Lipinski definition) is 5. The third-order valence-electron chi connectivity index (χ3n) is 4.62. The molecule has 2 atom stereocenters. The van der Waals surface area contributed by atoms with Crippen molar-refractivity contribution < 1.29 is 23.9 Å². The second-order valence-corrected chi connectivity index (χ2v) is 6.06. The van der Waals surface area contributed by atoms with E-state index in [1.54, 1.807) is 38.1 Å². The van der Waals surface area contributed by atoms with E-state index in [4.69, 9.17) is 9.47 Å². The lowest BCUT2D eigenvalue weighted by molar-refractivity contribution is -0.160. The lowest BCUT2D eigenvalue weighted by atomic mass is 9.67. The van der Waals surface area contributed by atoms with E-state index in [0.29, 0.717) is 18.4 Å². The van der Waals surface area contributed by atoms with Crippen LogP contribution < -0.4 is 0 Å². The molecule has 1 saturated carbocycles. The summed E-state index contributed by atoms with van der Waals surface area (Å²) in [6.45, 7) is 7.64. The molecule has 0 bridgehead atoms. The molecule has 5 heteroatoms. The van der Waals surface area contributed by atoms with Gasteiger partial charge in [0.25, 0.3) is 0 Å². The van der Waals surface area contributed by atoms with Crippen LogP contribution in [0.1, 0.15) is 44.6 Å². The Kier molecular flexibility index (Phi) is 6.12. The van der Waals surface area contributed by atoms with Gasteiger partial charge in [-0.2, -0.15) is 0 Å². The number of hydrogen-bond donors (Lipinski definition) is 0. The first-order valence-electron chi connectivity index (χ1n) is 8.60. The summed E-state index contributed by atoms with van der Waals surface area (Å²) in [5, 5.41) is 0. The van der Waals surface area contributed by atoms with Crippen LogP contribution in [0, 0.1) is 5.41 Å². The van der Waals surface area contributed by atoms with E-state index in [2.05, 4.69) is 6.58 Å². The van der Waals surface area contributed by atoms with E-state index in [1.807, 2.05) is 6.07 Å². The molecule has 0 radical (unpaired) electrons. The third-order valence-corrected chi connectivity index (χ3v) is 4.62. The Labute approximate surface area is 148 Å². The van der Waals surface area contributed by atoms with E-state index in [-0.39, 0.29) is 31.0 Å². The van der Waals surface area contributed by atoms with Crippen LogP contribution >= 0.6 is 0 Å². The standard InChI is InChI=1S/C20H24O5/c1-4-24-18(22)14(3)17(15-10-7-6-8-11-15)20(19(23)25-5-2)13-9-12-16(20)21/h6-8,10-11,17H,3-5,9,12-13H2,1-2H3/t17-,20-/m0/s1. The summed E-state index contributed by atoms with van der Waals surface area (Å²) in [7, 11) is 0. The first kappa shape index (κ1) is 18.9. The Balaban J connectivity index is 2.59. The molecule has 1 aliphatic carbocycles. The van der Waals surface area contributed by atoms with Crippen molar-refractivity contribution in [2.24, 2.45) is 5.41 Å². The van der Waals surface area contributed by atoms with Gasteiger partial charge in [-0.25, -0.2) is 4.79 Å². The minimum Gasteiger partial charge on any atom is -0.465 e. The Hall–Kier alpha value is -2.43. The first-order valence-corrected chi connectivity index (χ1v) is 8.60. The van der Waals surface area contributed by atoms with Crippen LogP contribution in [0.25, 0.3) is 0 Å². The molecule has 134 valence electrons. The average Bonchev–Trinajstić information content (AvgIpc) is 2.99. The van der Waals surface area contributed by atoms with Crippen molar-refractivity contribution in [3.05, 3.63) is 48.0 Å². The molecule has 2 rings (SSSR count). The highest BCUT2D eigenvalue weighted by Crippen LogP contribution is 2.50. The predicted octanol–water partition coefficient (Wildman–Crippen LogP) is 3.19. The minimum absolute atomic E-state index is 0.108. The quantitative estimate of drug-likeness (QED) is 0.432. The summed E-state index contributed by atoms with van der Waals surface area (Å²) in [6, 6.07) is 9.03. The first-order chi connectivity index (χ1) is 12.0. The van der Waals surface area contributed by atoms with Gasteiger partial charge in [0.2, 0.25) is 0 Å². The van der Waals surface area contributed by atoms with Crippen LogP contribution in [-0.4, -0.2) is 30.9 Å². The van der Waals surface area contributed by atoms with E-state index in [9.17, 15) is 14.4 Å². The van der Waals surface area contributed by atoms with Crippen LogP contribution in [0.3, 0.4) is 0 Å². The molecule has 0 heterocycles. The van der Waals surface area contributed by atoms with Crippen LogP contribution in [0.5, 0.6) is 0 Å². The highest BCUT2D eigenvalue weighted by Gasteiger charge is 2.57. The van der Waals surface area contributed by atoms with Crippen LogP contribution in [0.4, 0.5) is 0 Å². The molecule has 5 nitrogen and oxygen atoms in total. The van der Waals surface area contributed by atoms with Crippen molar-refractivity contribution in [3.8, 4) is 0 Å². The summed E-state index contributed by atoms with van der Waals surface area (Å²) in [5.41, 5.74) is -0.624. The van der Waals surface area contributed by atoms with Gasteiger partial charge in [0, 0.05) is 17.9 Å².